The van der Waals surface area contributed by atoms with Gasteiger partial charge in [-0.15, -0.1) is 0 Å². The summed E-state index contributed by atoms with van der Waals surface area (Å²) in [5, 5.41) is 9.62. The van der Waals surface area contributed by atoms with Crippen molar-refractivity contribution in [2.75, 3.05) is 0 Å². The zero-order chi connectivity index (χ0) is 19.0. The third-order valence-electron chi connectivity index (χ3n) is 4.59. The lowest BCUT2D eigenvalue weighted by Gasteiger charge is -2.32. The van der Waals surface area contributed by atoms with Gasteiger partial charge in [0.15, 0.2) is 0 Å². The van der Waals surface area contributed by atoms with Crippen LogP contribution in [0.5, 0.6) is 0 Å². The van der Waals surface area contributed by atoms with Crippen LogP contribution in [0, 0.1) is 0 Å². The van der Waals surface area contributed by atoms with Gasteiger partial charge in [0.1, 0.15) is 5.73 Å². The molecule has 1 aromatic carbocycles. The van der Waals surface area contributed by atoms with Crippen LogP contribution in [0.4, 0.5) is 4.39 Å². The van der Waals surface area contributed by atoms with Gasteiger partial charge in [-0.25, -0.2) is 4.39 Å². The Morgan fingerprint density at radius 2 is 1.72 bits per heavy atom. The molecule has 1 aliphatic heterocycles. The number of carbonyl (C=O) groups is 1. The van der Waals surface area contributed by atoms with Crippen LogP contribution in [0.3, 0.4) is 0 Å². The van der Waals surface area contributed by atoms with E-state index in [1.807, 2.05) is 27.7 Å². The minimum absolute atomic E-state index is 0.0642. The van der Waals surface area contributed by atoms with Crippen molar-refractivity contribution in [2.45, 2.75) is 51.7 Å². The van der Waals surface area contributed by atoms with E-state index in [2.05, 4.69) is 0 Å². The molecule has 1 aromatic rings. The van der Waals surface area contributed by atoms with Gasteiger partial charge in [-0.1, -0.05) is 23.2 Å². The molecule has 1 heterocycles. The number of halogens is 3. The Balaban J connectivity index is 2.49. The molecule has 0 atom stereocenters. The van der Waals surface area contributed by atoms with Crippen molar-refractivity contribution in [3.8, 4) is 0 Å². The molecule has 0 radical (unpaired) electrons. The minimum Gasteiger partial charge on any atom is -0.481 e. The number of carboxylic acids is 1. The van der Waals surface area contributed by atoms with Crippen LogP contribution in [0.15, 0.2) is 23.9 Å². The van der Waals surface area contributed by atoms with Gasteiger partial charge in [-0.05, 0) is 63.5 Å². The summed E-state index contributed by atoms with van der Waals surface area (Å²) in [6, 6.07) is 4.62. The van der Waals surface area contributed by atoms with Crippen molar-refractivity contribution < 1.29 is 23.6 Å². The first-order chi connectivity index (χ1) is 11.4. The Morgan fingerprint density at radius 1 is 1.16 bits per heavy atom. The van der Waals surface area contributed by atoms with Gasteiger partial charge in [0.05, 0.1) is 11.2 Å². The van der Waals surface area contributed by atoms with Gasteiger partial charge >= 0.3 is 13.1 Å². The molecule has 0 amide bonds. The van der Waals surface area contributed by atoms with Crippen molar-refractivity contribution in [2.24, 2.45) is 0 Å². The van der Waals surface area contributed by atoms with Gasteiger partial charge < -0.3 is 14.4 Å². The molecule has 2 rings (SSSR count). The van der Waals surface area contributed by atoms with Crippen LogP contribution in [0.2, 0.25) is 10.0 Å². The van der Waals surface area contributed by atoms with E-state index >= 15 is 4.39 Å². The highest BCUT2D eigenvalue weighted by molar-refractivity contribution is 6.55. The Morgan fingerprint density at radius 3 is 2.24 bits per heavy atom. The number of hydrogen-bond acceptors (Lipinski definition) is 3. The summed E-state index contributed by atoms with van der Waals surface area (Å²) in [4.78, 5) is 11.0. The fraction of sp³-hybridized carbons (Fsp3) is 0.471. The maximum absolute atomic E-state index is 15.2. The van der Waals surface area contributed by atoms with Gasteiger partial charge in [-0.2, -0.15) is 0 Å². The molecule has 8 heteroatoms. The summed E-state index contributed by atoms with van der Waals surface area (Å²) in [5.41, 5.74) is -1.67. The van der Waals surface area contributed by atoms with Crippen molar-refractivity contribution in [1.82, 2.24) is 0 Å². The molecule has 0 aliphatic carbocycles. The van der Waals surface area contributed by atoms with E-state index in [1.165, 1.54) is 12.1 Å². The van der Waals surface area contributed by atoms with Gasteiger partial charge in [0.2, 0.25) is 0 Å². The number of benzene rings is 1. The molecule has 1 fully saturated rings. The Hall–Kier alpha value is -1.08. The zero-order valence-corrected chi connectivity index (χ0v) is 16.0. The normalized spacial score (nSPS) is 19.7. The molecule has 0 unspecified atom stereocenters. The van der Waals surface area contributed by atoms with E-state index < -0.39 is 30.0 Å². The van der Waals surface area contributed by atoms with Crippen LogP contribution in [-0.2, 0) is 14.1 Å². The first-order valence-electron chi connectivity index (χ1n) is 7.86. The number of rotatable bonds is 5. The lowest BCUT2D eigenvalue weighted by molar-refractivity contribution is -0.136. The molecule has 0 saturated carbocycles. The molecular formula is C17H20BCl2FO4. The summed E-state index contributed by atoms with van der Waals surface area (Å²) in [6.45, 7) is 7.24. The van der Waals surface area contributed by atoms with E-state index in [9.17, 15) is 4.79 Å². The Kier molecular flexibility index (Phi) is 5.89. The van der Waals surface area contributed by atoms with E-state index in [-0.39, 0.29) is 23.4 Å². The number of aliphatic carboxylic acids is 1. The summed E-state index contributed by atoms with van der Waals surface area (Å²) in [6.07, 6.45) is -0.323. The van der Waals surface area contributed by atoms with Crippen LogP contribution in [0.1, 0.15) is 46.1 Å². The maximum atomic E-state index is 15.2. The fourth-order valence-electron chi connectivity index (χ4n) is 2.43. The van der Waals surface area contributed by atoms with Gasteiger partial charge in [0, 0.05) is 16.5 Å². The number of allylic oxidation sites excluding steroid dienone is 1. The predicted molar refractivity (Wildman–Crippen MR) is 97.4 cm³/mol. The second-order valence-corrected chi connectivity index (χ2v) is 7.78. The fourth-order valence-corrected chi connectivity index (χ4v) is 2.84. The minimum atomic E-state index is -1.23. The van der Waals surface area contributed by atoms with Crippen LogP contribution >= 0.6 is 23.2 Å². The van der Waals surface area contributed by atoms with Crippen LogP contribution < -0.4 is 0 Å². The van der Waals surface area contributed by atoms with Crippen molar-refractivity contribution in [1.29, 1.82) is 0 Å². The van der Waals surface area contributed by atoms with Crippen molar-refractivity contribution >= 4 is 41.9 Å². The lowest BCUT2D eigenvalue weighted by Crippen LogP contribution is -2.41. The number of hydrogen-bond donors (Lipinski definition) is 1. The summed E-state index contributed by atoms with van der Waals surface area (Å²) >= 11 is 12.2. The van der Waals surface area contributed by atoms with E-state index in [1.54, 1.807) is 6.07 Å². The van der Waals surface area contributed by atoms with E-state index in [0.717, 1.165) is 0 Å². The van der Waals surface area contributed by atoms with E-state index in [4.69, 9.17) is 37.6 Å². The SMILES string of the molecule is CC1(C)OB(C(F)=C(CCC(=O)O)c2cc(Cl)ccc2Cl)OC1(C)C. The van der Waals surface area contributed by atoms with Gasteiger partial charge in [0.25, 0.3) is 0 Å². The second kappa shape index (κ2) is 7.27. The second-order valence-electron chi connectivity index (χ2n) is 6.93. The van der Waals surface area contributed by atoms with E-state index in [0.29, 0.717) is 10.6 Å². The molecule has 1 aliphatic rings. The molecule has 1 saturated heterocycles. The number of carboxylic acid groups (broad SMARTS) is 1. The Bertz CT molecular complexity index is 703. The van der Waals surface area contributed by atoms with Crippen LogP contribution in [-0.4, -0.2) is 29.4 Å². The molecular weight excluding hydrogens is 369 g/mol. The quantitative estimate of drug-likeness (QED) is 0.707. The van der Waals surface area contributed by atoms with Crippen molar-refractivity contribution in [3.63, 3.8) is 0 Å². The molecule has 0 bridgehead atoms. The summed E-state index contributed by atoms with van der Waals surface area (Å²) in [5.74, 6) is -1.04. The molecule has 136 valence electrons. The molecule has 0 spiro atoms. The standard InChI is InChI=1S/C17H20BCl2FO4/c1-16(2)17(3,4)25-18(24-16)15(21)11(6-8-14(22)23)12-9-10(19)5-7-13(12)20/h5,7,9H,6,8H2,1-4H3,(H,22,23). The third-order valence-corrected chi connectivity index (χ3v) is 5.16. The first-order valence-corrected chi connectivity index (χ1v) is 8.61. The predicted octanol–water partition coefficient (Wildman–Crippen LogP) is 5.17. The third kappa shape index (κ3) is 4.37. The zero-order valence-electron chi connectivity index (χ0n) is 14.5. The smallest absolute Gasteiger partial charge is 0.481 e. The first kappa shape index (κ1) is 20.2. The topological polar surface area (TPSA) is 55.8 Å². The molecule has 1 N–H and O–H groups in total. The molecule has 4 nitrogen and oxygen atoms in total. The lowest BCUT2D eigenvalue weighted by atomic mass is 9.81. The molecule has 25 heavy (non-hydrogen) atoms. The Labute approximate surface area is 157 Å². The van der Waals surface area contributed by atoms with Crippen LogP contribution in [0.25, 0.3) is 5.57 Å². The highest BCUT2D eigenvalue weighted by atomic mass is 35.5. The average Bonchev–Trinajstić information content (AvgIpc) is 2.70. The molecule has 0 aromatic heterocycles. The highest BCUT2D eigenvalue weighted by Crippen LogP contribution is 2.41. The van der Waals surface area contributed by atoms with Crippen molar-refractivity contribution in [3.05, 3.63) is 39.5 Å². The maximum Gasteiger partial charge on any atom is 0.525 e. The monoisotopic (exact) mass is 388 g/mol. The summed E-state index contributed by atoms with van der Waals surface area (Å²) < 4.78 is 26.7. The summed E-state index contributed by atoms with van der Waals surface area (Å²) in [7, 11) is -1.23. The highest BCUT2D eigenvalue weighted by Gasteiger charge is 2.53. The average molecular weight is 389 g/mol. The van der Waals surface area contributed by atoms with Gasteiger partial charge in [-0.3, -0.25) is 4.79 Å². The largest absolute Gasteiger partial charge is 0.525 e.